The Balaban J connectivity index is 2.56. The maximum atomic E-state index is 11.1. The number of carboxylic acids is 2. The molecule has 100 valence electrons. The number of aromatic carboxylic acids is 2. The van der Waals surface area contributed by atoms with Gasteiger partial charge in [-0.2, -0.15) is 0 Å². The third-order valence-corrected chi connectivity index (χ3v) is 2.91. The molecule has 2 N–H and O–H groups in total. The standard InChI is InChI=1S/C16H12O4/c1-2-10-3-5-11(6-4-10)12-7-13(15(17)18)9-14(8-12)16(19)20/h2-9H,1H2,(H,17,18)(H,19,20). The molecule has 0 saturated heterocycles. The van der Waals surface area contributed by atoms with Crippen molar-refractivity contribution >= 4 is 18.0 Å². The SMILES string of the molecule is C=Cc1ccc(-c2cc(C(=O)O)cc(C(=O)O)c2)cc1. The van der Waals surface area contributed by atoms with Gasteiger partial charge in [-0.15, -0.1) is 0 Å². The lowest BCUT2D eigenvalue weighted by molar-refractivity contribution is 0.0696. The molecule has 0 aliphatic carbocycles. The van der Waals surface area contributed by atoms with Crippen LogP contribution < -0.4 is 0 Å². The summed E-state index contributed by atoms with van der Waals surface area (Å²) in [5.74, 6) is -2.31. The maximum Gasteiger partial charge on any atom is 0.335 e. The Morgan fingerprint density at radius 2 is 1.35 bits per heavy atom. The second-order valence-electron chi connectivity index (χ2n) is 4.24. The topological polar surface area (TPSA) is 74.6 Å². The van der Waals surface area contributed by atoms with E-state index in [4.69, 9.17) is 10.2 Å². The molecule has 2 aromatic rings. The Bertz CT molecular complexity index is 652. The highest BCUT2D eigenvalue weighted by Crippen LogP contribution is 2.23. The van der Waals surface area contributed by atoms with Crippen LogP contribution in [0.5, 0.6) is 0 Å². The van der Waals surface area contributed by atoms with Crippen LogP contribution in [0.25, 0.3) is 17.2 Å². The van der Waals surface area contributed by atoms with Gasteiger partial charge in [-0.1, -0.05) is 36.9 Å². The first-order valence-electron chi connectivity index (χ1n) is 5.86. The largest absolute Gasteiger partial charge is 0.478 e. The minimum atomic E-state index is -1.16. The molecule has 0 aromatic heterocycles. The molecule has 4 nitrogen and oxygen atoms in total. The fourth-order valence-electron chi connectivity index (χ4n) is 1.85. The van der Waals surface area contributed by atoms with Gasteiger partial charge < -0.3 is 10.2 Å². The van der Waals surface area contributed by atoms with Crippen LogP contribution in [0.1, 0.15) is 26.3 Å². The van der Waals surface area contributed by atoms with Gasteiger partial charge in [-0.05, 0) is 34.9 Å². The molecule has 20 heavy (non-hydrogen) atoms. The van der Waals surface area contributed by atoms with Gasteiger partial charge in [0.25, 0.3) is 0 Å². The highest BCUT2D eigenvalue weighted by Gasteiger charge is 2.12. The van der Waals surface area contributed by atoms with Gasteiger partial charge in [-0.25, -0.2) is 9.59 Å². The van der Waals surface area contributed by atoms with E-state index in [9.17, 15) is 9.59 Å². The van der Waals surface area contributed by atoms with Crippen molar-refractivity contribution in [3.05, 3.63) is 65.7 Å². The van der Waals surface area contributed by atoms with E-state index in [-0.39, 0.29) is 11.1 Å². The van der Waals surface area contributed by atoms with Crippen molar-refractivity contribution in [1.82, 2.24) is 0 Å². The smallest absolute Gasteiger partial charge is 0.335 e. The van der Waals surface area contributed by atoms with Crippen LogP contribution in [0.3, 0.4) is 0 Å². The first-order valence-corrected chi connectivity index (χ1v) is 5.86. The average molecular weight is 268 g/mol. The highest BCUT2D eigenvalue weighted by atomic mass is 16.4. The molecule has 0 amide bonds. The molecule has 0 aliphatic heterocycles. The first-order chi connectivity index (χ1) is 9.51. The monoisotopic (exact) mass is 268 g/mol. The number of hydrogen-bond acceptors (Lipinski definition) is 2. The zero-order valence-corrected chi connectivity index (χ0v) is 10.5. The molecule has 0 atom stereocenters. The molecule has 0 radical (unpaired) electrons. The number of hydrogen-bond donors (Lipinski definition) is 2. The lowest BCUT2D eigenvalue weighted by Gasteiger charge is -2.06. The lowest BCUT2D eigenvalue weighted by atomic mass is 9.99. The van der Waals surface area contributed by atoms with E-state index in [0.717, 1.165) is 17.2 Å². The zero-order chi connectivity index (χ0) is 14.7. The quantitative estimate of drug-likeness (QED) is 0.891. The van der Waals surface area contributed by atoms with Gasteiger partial charge in [0.2, 0.25) is 0 Å². The van der Waals surface area contributed by atoms with E-state index >= 15 is 0 Å². The summed E-state index contributed by atoms with van der Waals surface area (Å²) in [5.41, 5.74) is 2.14. The molecule has 0 spiro atoms. The molecule has 2 rings (SSSR count). The van der Waals surface area contributed by atoms with Crippen molar-refractivity contribution in [3.8, 4) is 11.1 Å². The van der Waals surface area contributed by atoms with E-state index in [1.54, 1.807) is 18.2 Å². The van der Waals surface area contributed by atoms with Crippen LogP contribution in [-0.2, 0) is 0 Å². The van der Waals surface area contributed by atoms with Crippen molar-refractivity contribution in [2.75, 3.05) is 0 Å². The van der Waals surface area contributed by atoms with Crippen molar-refractivity contribution in [3.63, 3.8) is 0 Å². The van der Waals surface area contributed by atoms with Gasteiger partial charge in [0, 0.05) is 0 Å². The van der Waals surface area contributed by atoms with E-state index < -0.39 is 11.9 Å². The van der Waals surface area contributed by atoms with Crippen LogP contribution in [0.2, 0.25) is 0 Å². The van der Waals surface area contributed by atoms with Gasteiger partial charge >= 0.3 is 11.9 Å². The Morgan fingerprint density at radius 1 is 0.850 bits per heavy atom. The predicted octanol–water partition coefficient (Wildman–Crippen LogP) is 3.39. The predicted molar refractivity (Wildman–Crippen MR) is 75.9 cm³/mol. The molecule has 0 fully saturated rings. The second-order valence-corrected chi connectivity index (χ2v) is 4.24. The summed E-state index contributed by atoms with van der Waals surface area (Å²) in [7, 11) is 0. The van der Waals surface area contributed by atoms with E-state index in [0.29, 0.717) is 5.56 Å². The number of carbonyl (C=O) groups is 2. The number of rotatable bonds is 4. The fraction of sp³-hybridized carbons (Fsp3) is 0. The Hall–Kier alpha value is -2.88. The zero-order valence-electron chi connectivity index (χ0n) is 10.5. The first kappa shape index (κ1) is 13.5. The molecule has 0 aliphatic rings. The number of carboxylic acid groups (broad SMARTS) is 2. The minimum Gasteiger partial charge on any atom is -0.478 e. The Kier molecular flexibility index (Phi) is 3.66. The summed E-state index contributed by atoms with van der Waals surface area (Å²) in [5, 5.41) is 18.1. The van der Waals surface area contributed by atoms with Crippen LogP contribution in [-0.4, -0.2) is 22.2 Å². The van der Waals surface area contributed by atoms with Gasteiger partial charge in [0.1, 0.15) is 0 Å². The second kappa shape index (κ2) is 5.40. The summed E-state index contributed by atoms with van der Waals surface area (Å²) >= 11 is 0. The fourth-order valence-corrected chi connectivity index (χ4v) is 1.85. The summed E-state index contributed by atoms with van der Waals surface area (Å²) < 4.78 is 0. The average Bonchev–Trinajstić information content (AvgIpc) is 2.46. The minimum absolute atomic E-state index is 0.0484. The molecule has 0 heterocycles. The van der Waals surface area contributed by atoms with E-state index in [1.807, 2.05) is 12.1 Å². The number of benzene rings is 2. The molecule has 2 aromatic carbocycles. The van der Waals surface area contributed by atoms with Crippen molar-refractivity contribution in [2.45, 2.75) is 0 Å². The highest BCUT2D eigenvalue weighted by molar-refractivity contribution is 5.96. The van der Waals surface area contributed by atoms with E-state index in [1.165, 1.54) is 12.1 Å². The summed E-state index contributed by atoms with van der Waals surface area (Å²) in [6.45, 7) is 3.65. The van der Waals surface area contributed by atoms with Crippen LogP contribution in [0.15, 0.2) is 49.0 Å². The molecule has 0 bridgehead atoms. The third kappa shape index (κ3) is 2.75. The third-order valence-electron chi connectivity index (χ3n) is 2.91. The Labute approximate surface area is 115 Å². The lowest BCUT2D eigenvalue weighted by Crippen LogP contribution is -2.03. The molecule has 0 saturated carbocycles. The van der Waals surface area contributed by atoms with E-state index in [2.05, 4.69) is 6.58 Å². The summed E-state index contributed by atoms with van der Waals surface area (Å²) in [6, 6.07) is 11.3. The molecule has 4 heteroatoms. The van der Waals surface area contributed by atoms with Crippen LogP contribution in [0.4, 0.5) is 0 Å². The normalized spacial score (nSPS) is 10.0. The molecule has 0 unspecified atom stereocenters. The van der Waals surface area contributed by atoms with Crippen molar-refractivity contribution in [2.24, 2.45) is 0 Å². The van der Waals surface area contributed by atoms with Crippen LogP contribution >= 0.6 is 0 Å². The van der Waals surface area contributed by atoms with Gasteiger partial charge in [0.15, 0.2) is 0 Å². The molecular formula is C16H12O4. The van der Waals surface area contributed by atoms with Crippen LogP contribution in [0, 0.1) is 0 Å². The summed E-state index contributed by atoms with van der Waals surface area (Å²) in [6.07, 6.45) is 1.69. The van der Waals surface area contributed by atoms with Gasteiger partial charge in [0.05, 0.1) is 11.1 Å². The van der Waals surface area contributed by atoms with Gasteiger partial charge in [-0.3, -0.25) is 0 Å². The Morgan fingerprint density at radius 3 is 1.75 bits per heavy atom. The van der Waals surface area contributed by atoms with Crippen molar-refractivity contribution in [1.29, 1.82) is 0 Å². The summed E-state index contributed by atoms with van der Waals surface area (Å²) in [4.78, 5) is 22.1. The van der Waals surface area contributed by atoms with Crippen molar-refractivity contribution < 1.29 is 19.8 Å². The molecular weight excluding hydrogens is 256 g/mol. The maximum absolute atomic E-state index is 11.1.